The zero-order valence-electron chi connectivity index (χ0n) is 17.7. The van der Waals surface area contributed by atoms with Crippen LogP contribution in [0.3, 0.4) is 0 Å². The number of carboxylic acid groups (broad SMARTS) is 1. The number of rotatable bonds is 6. The molecule has 1 aromatic heterocycles. The summed E-state index contributed by atoms with van der Waals surface area (Å²) >= 11 is 6.05. The molecule has 1 amide bonds. The van der Waals surface area contributed by atoms with Gasteiger partial charge < -0.3 is 10.4 Å². The number of benzene rings is 3. The number of nitrogens with one attached hydrogen (secondary N) is 1. The van der Waals surface area contributed by atoms with E-state index in [0.717, 1.165) is 11.3 Å². The van der Waals surface area contributed by atoms with Crippen molar-refractivity contribution in [1.29, 1.82) is 0 Å². The molecule has 0 radical (unpaired) electrons. The van der Waals surface area contributed by atoms with Crippen LogP contribution in [0.15, 0.2) is 90.6 Å². The molecule has 0 aliphatic carbocycles. The summed E-state index contributed by atoms with van der Waals surface area (Å²) in [7, 11) is 0. The Bertz CT molecular complexity index is 1330. The molecule has 0 fully saturated rings. The van der Waals surface area contributed by atoms with E-state index in [0.29, 0.717) is 27.5 Å². The Balaban J connectivity index is 1.85. The van der Waals surface area contributed by atoms with E-state index in [1.54, 1.807) is 54.1 Å². The number of carbonyl (C=O) groups excluding carboxylic acids is 1. The first-order valence-corrected chi connectivity index (χ1v) is 10.5. The van der Waals surface area contributed by atoms with Gasteiger partial charge in [0, 0.05) is 21.7 Å². The monoisotopic (exact) mass is 457 g/mol. The fourth-order valence-corrected chi connectivity index (χ4v) is 3.56. The number of hydrogen-bond donors (Lipinski definition) is 2. The van der Waals surface area contributed by atoms with E-state index in [1.807, 2.05) is 42.5 Å². The predicted molar refractivity (Wildman–Crippen MR) is 128 cm³/mol. The van der Waals surface area contributed by atoms with Crippen LogP contribution in [-0.4, -0.2) is 26.8 Å². The Morgan fingerprint density at radius 1 is 0.939 bits per heavy atom. The van der Waals surface area contributed by atoms with Gasteiger partial charge in [-0.2, -0.15) is 5.10 Å². The van der Waals surface area contributed by atoms with Gasteiger partial charge in [0.05, 0.1) is 17.1 Å². The van der Waals surface area contributed by atoms with Gasteiger partial charge in [-0.25, -0.2) is 9.48 Å². The minimum atomic E-state index is -1.25. The van der Waals surface area contributed by atoms with Gasteiger partial charge in [-0.1, -0.05) is 60.1 Å². The summed E-state index contributed by atoms with van der Waals surface area (Å²) in [6.45, 7) is 1.79. The standard InChI is InChI=1S/C26H20ClN3O3/c1-17-22(16-23(26(32)33)28-25(31)19-10-6-3-7-11-19)24(18-8-4-2-5-9-18)30(29-17)21-14-12-20(27)13-15-21/h2-16H,1H3,(H,28,31)(H,32,33)/b23-16+. The summed E-state index contributed by atoms with van der Waals surface area (Å²) in [5.41, 5.74) is 3.62. The molecule has 0 bridgehead atoms. The van der Waals surface area contributed by atoms with Crippen LogP contribution in [0, 0.1) is 6.92 Å². The Kier molecular flexibility index (Phi) is 6.38. The largest absolute Gasteiger partial charge is 0.477 e. The van der Waals surface area contributed by atoms with E-state index in [4.69, 9.17) is 11.6 Å². The van der Waals surface area contributed by atoms with Gasteiger partial charge in [0.25, 0.3) is 5.91 Å². The fourth-order valence-electron chi connectivity index (χ4n) is 3.43. The summed E-state index contributed by atoms with van der Waals surface area (Å²) < 4.78 is 1.74. The highest BCUT2D eigenvalue weighted by molar-refractivity contribution is 6.30. The first-order valence-electron chi connectivity index (χ1n) is 10.2. The smallest absolute Gasteiger partial charge is 0.352 e. The van der Waals surface area contributed by atoms with Crippen molar-refractivity contribution in [2.45, 2.75) is 6.92 Å². The second kappa shape index (κ2) is 9.54. The molecule has 2 N–H and O–H groups in total. The summed E-state index contributed by atoms with van der Waals surface area (Å²) in [5, 5.41) is 17.6. The molecule has 0 aliphatic rings. The minimum absolute atomic E-state index is 0.250. The molecule has 0 saturated heterocycles. The number of aryl methyl sites for hydroxylation is 1. The quantitative estimate of drug-likeness (QED) is 0.382. The number of hydrogen-bond acceptors (Lipinski definition) is 3. The van der Waals surface area contributed by atoms with Gasteiger partial charge in [-0.15, -0.1) is 0 Å². The highest BCUT2D eigenvalue weighted by Gasteiger charge is 2.20. The van der Waals surface area contributed by atoms with Crippen LogP contribution in [0.1, 0.15) is 21.6 Å². The highest BCUT2D eigenvalue weighted by Crippen LogP contribution is 2.31. The fraction of sp³-hybridized carbons (Fsp3) is 0.0385. The first kappa shape index (κ1) is 22.0. The molecule has 0 saturated carbocycles. The number of amides is 1. The molecular weight excluding hydrogens is 438 g/mol. The topological polar surface area (TPSA) is 84.2 Å². The van der Waals surface area contributed by atoms with Gasteiger partial charge in [0.2, 0.25) is 0 Å². The highest BCUT2D eigenvalue weighted by atomic mass is 35.5. The van der Waals surface area contributed by atoms with Crippen molar-refractivity contribution in [3.05, 3.63) is 112 Å². The molecule has 1 heterocycles. The zero-order chi connectivity index (χ0) is 23.4. The summed E-state index contributed by atoms with van der Waals surface area (Å²) in [6.07, 6.45) is 1.44. The predicted octanol–water partition coefficient (Wildman–Crippen LogP) is 5.36. The van der Waals surface area contributed by atoms with Crippen molar-refractivity contribution >= 4 is 29.6 Å². The number of carbonyl (C=O) groups is 2. The van der Waals surface area contributed by atoms with Crippen LogP contribution in [0.5, 0.6) is 0 Å². The Labute approximate surface area is 195 Å². The molecule has 6 nitrogen and oxygen atoms in total. The lowest BCUT2D eigenvalue weighted by Crippen LogP contribution is -2.27. The molecule has 0 unspecified atom stereocenters. The average molecular weight is 458 g/mol. The Morgan fingerprint density at radius 2 is 1.55 bits per heavy atom. The van der Waals surface area contributed by atoms with E-state index in [1.165, 1.54) is 6.08 Å². The molecule has 4 rings (SSSR count). The maximum Gasteiger partial charge on any atom is 0.352 e. The third kappa shape index (κ3) is 4.86. The number of nitrogens with zero attached hydrogens (tertiary/aromatic N) is 2. The van der Waals surface area contributed by atoms with E-state index in [2.05, 4.69) is 10.4 Å². The van der Waals surface area contributed by atoms with Crippen molar-refractivity contribution in [3.8, 4) is 16.9 Å². The van der Waals surface area contributed by atoms with Crippen LogP contribution < -0.4 is 5.32 Å². The molecule has 33 heavy (non-hydrogen) atoms. The lowest BCUT2D eigenvalue weighted by atomic mass is 10.0. The van der Waals surface area contributed by atoms with E-state index < -0.39 is 11.9 Å². The molecular formula is C26H20ClN3O3. The van der Waals surface area contributed by atoms with Crippen LogP contribution in [-0.2, 0) is 4.79 Å². The number of aliphatic carboxylic acids is 1. The van der Waals surface area contributed by atoms with Gasteiger partial charge in [-0.05, 0) is 49.4 Å². The summed E-state index contributed by atoms with van der Waals surface area (Å²) in [5.74, 6) is -1.76. The molecule has 164 valence electrons. The molecule has 4 aromatic rings. The first-order chi connectivity index (χ1) is 15.9. The normalized spacial score (nSPS) is 11.3. The number of halogens is 1. The zero-order valence-corrected chi connectivity index (χ0v) is 18.5. The van der Waals surface area contributed by atoms with Crippen LogP contribution >= 0.6 is 11.6 Å². The summed E-state index contributed by atoms with van der Waals surface area (Å²) in [6, 6.07) is 25.2. The van der Waals surface area contributed by atoms with Gasteiger partial charge >= 0.3 is 5.97 Å². The van der Waals surface area contributed by atoms with Crippen molar-refractivity contribution in [2.24, 2.45) is 0 Å². The summed E-state index contributed by atoms with van der Waals surface area (Å²) in [4.78, 5) is 24.6. The SMILES string of the molecule is Cc1nn(-c2ccc(Cl)cc2)c(-c2ccccc2)c1/C=C(/NC(=O)c1ccccc1)C(=O)O. The molecule has 7 heteroatoms. The molecule has 0 aliphatic heterocycles. The third-order valence-electron chi connectivity index (χ3n) is 5.03. The lowest BCUT2D eigenvalue weighted by Gasteiger charge is -2.10. The van der Waals surface area contributed by atoms with E-state index in [-0.39, 0.29) is 5.70 Å². The lowest BCUT2D eigenvalue weighted by molar-refractivity contribution is -0.132. The maximum absolute atomic E-state index is 12.6. The van der Waals surface area contributed by atoms with Gasteiger partial charge in [0.15, 0.2) is 0 Å². The second-order valence-electron chi connectivity index (χ2n) is 7.29. The molecule has 0 spiro atoms. The maximum atomic E-state index is 12.6. The van der Waals surface area contributed by atoms with Gasteiger partial charge in [0.1, 0.15) is 5.70 Å². The van der Waals surface area contributed by atoms with E-state index in [9.17, 15) is 14.7 Å². The van der Waals surface area contributed by atoms with Crippen LogP contribution in [0.2, 0.25) is 5.02 Å². The van der Waals surface area contributed by atoms with Crippen LogP contribution in [0.4, 0.5) is 0 Å². The van der Waals surface area contributed by atoms with Crippen molar-refractivity contribution in [1.82, 2.24) is 15.1 Å². The molecule has 0 atom stereocenters. The van der Waals surface area contributed by atoms with Crippen molar-refractivity contribution < 1.29 is 14.7 Å². The van der Waals surface area contributed by atoms with Crippen LogP contribution in [0.25, 0.3) is 23.0 Å². The van der Waals surface area contributed by atoms with E-state index >= 15 is 0 Å². The third-order valence-corrected chi connectivity index (χ3v) is 5.28. The average Bonchev–Trinajstić information content (AvgIpc) is 3.16. The number of carboxylic acids is 1. The number of aromatic nitrogens is 2. The molecule has 3 aromatic carbocycles. The Morgan fingerprint density at radius 3 is 2.15 bits per heavy atom. The Hall–Kier alpha value is -4.16. The minimum Gasteiger partial charge on any atom is -0.477 e. The van der Waals surface area contributed by atoms with Crippen molar-refractivity contribution in [2.75, 3.05) is 0 Å². The van der Waals surface area contributed by atoms with Gasteiger partial charge in [-0.3, -0.25) is 4.79 Å². The van der Waals surface area contributed by atoms with Crippen molar-refractivity contribution in [3.63, 3.8) is 0 Å². The second-order valence-corrected chi connectivity index (χ2v) is 7.72.